The first-order chi connectivity index (χ1) is 18.4. The van der Waals surface area contributed by atoms with Crippen LogP contribution >= 0.6 is 15.9 Å². The van der Waals surface area contributed by atoms with Crippen LogP contribution in [0.4, 0.5) is 4.39 Å². The molecule has 0 radical (unpaired) electrons. The number of ether oxygens (including phenoxy) is 1. The number of carbonyl (C=O) groups excluding carboxylic acids is 1. The van der Waals surface area contributed by atoms with Gasteiger partial charge in [0.25, 0.3) is 5.91 Å². The van der Waals surface area contributed by atoms with Crippen molar-refractivity contribution in [2.24, 2.45) is 0 Å². The molecule has 2 aromatic heterocycles. The second kappa shape index (κ2) is 9.66. The molecular weight excluding hydrogens is 555 g/mol. The van der Waals surface area contributed by atoms with Gasteiger partial charge in [0.1, 0.15) is 23.3 Å². The highest BCUT2D eigenvalue weighted by Crippen LogP contribution is 2.36. The van der Waals surface area contributed by atoms with E-state index >= 15 is 0 Å². The lowest BCUT2D eigenvalue weighted by Crippen LogP contribution is -2.32. The van der Waals surface area contributed by atoms with Crippen LogP contribution in [0.2, 0.25) is 0 Å². The summed E-state index contributed by atoms with van der Waals surface area (Å²) in [5, 5.41) is 9.45. The Labute approximate surface area is 224 Å². The quantitative estimate of drug-likeness (QED) is 0.309. The zero-order valence-corrected chi connectivity index (χ0v) is 21.8. The van der Waals surface area contributed by atoms with Gasteiger partial charge in [-0.05, 0) is 79.6 Å². The normalized spacial score (nSPS) is 17.6. The summed E-state index contributed by atoms with van der Waals surface area (Å²) in [6.07, 6.45) is -0.909. The molecule has 5 aromatic rings. The van der Waals surface area contributed by atoms with Crippen molar-refractivity contribution >= 4 is 32.9 Å². The lowest BCUT2D eigenvalue weighted by atomic mass is 10.1. The number of hydrogen-bond acceptors (Lipinski definition) is 5. The van der Waals surface area contributed by atoms with Crippen molar-refractivity contribution < 1.29 is 13.9 Å². The van der Waals surface area contributed by atoms with Crippen LogP contribution in [0.5, 0.6) is 0 Å². The second-order valence-electron chi connectivity index (χ2n) is 9.08. The summed E-state index contributed by atoms with van der Waals surface area (Å²) in [7, 11) is 0. The Balaban J connectivity index is 1.36. The van der Waals surface area contributed by atoms with Crippen molar-refractivity contribution in [2.75, 3.05) is 6.54 Å². The number of aromatic nitrogens is 5. The van der Waals surface area contributed by atoms with Gasteiger partial charge in [-0.3, -0.25) is 4.79 Å². The minimum Gasteiger partial charge on any atom is -0.339 e. The second-order valence-corrected chi connectivity index (χ2v) is 9.99. The number of fused-ring (bicyclic) bond motifs is 1. The van der Waals surface area contributed by atoms with E-state index in [1.54, 1.807) is 24.0 Å². The minimum absolute atomic E-state index is 0.158. The largest absolute Gasteiger partial charge is 0.339 e. The van der Waals surface area contributed by atoms with Gasteiger partial charge in [0.2, 0.25) is 0 Å². The molecule has 192 valence electrons. The lowest BCUT2D eigenvalue weighted by molar-refractivity contribution is -0.130. The third-order valence-electron chi connectivity index (χ3n) is 6.52. The van der Waals surface area contributed by atoms with Crippen LogP contribution in [-0.2, 0) is 16.0 Å². The van der Waals surface area contributed by atoms with E-state index in [2.05, 4.69) is 25.9 Å². The van der Waals surface area contributed by atoms with Gasteiger partial charge in [-0.15, -0.1) is 10.2 Å². The number of aromatic amines is 2. The maximum absolute atomic E-state index is 13.7. The molecule has 1 aliphatic heterocycles. The number of nitrogens with one attached hydrogen (secondary N) is 2. The summed E-state index contributed by atoms with van der Waals surface area (Å²) in [5.74, 6) is -0.520. The molecule has 3 aromatic carbocycles. The summed E-state index contributed by atoms with van der Waals surface area (Å²) < 4.78 is 20.7. The molecule has 6 rings (SSSR count). The standard InChI is InChI=1S/C27H22BrFN6O3/c1-15-25(36)34(13-12-16-2-11-21-22(14-16)31-27(37)30-21)26(38-15)24-23(17-3-7-19(29)8-4-17)32-35(33-24)20-9-5-18(28)6-10-20/h2-11,14-15,26H,12-13H2,1H3,(H2,30,31,37)/t15-,26+/m0/s1. The fraction of sp³-hybridized carbons (Fsp3) is 0.185. The number of carbonyl (C=O) groups is 1. The molecule has 0 saturated carbocycles. The summed E-state index contributed by atoms with van der Waals surface area (Å²) in [6.45, 7) is 2.07. The Bertz CT molecular complexity index is 1690. The first kappa shape index (κ1) is 24.3. The van der Waals surface area contributed by atoms with Crippen LogP contribution in [0.25, 0.3) is 28.0 Å². The monoisotopic (exact) mass is 576 g/mol. The van der Waals surface area contributed by atoms with Crippen LogP contribution in [0.1, 0.15) is 24.4 Å². The zero-order chi connectivity index (χ0) is 26.4. The molecule has 3 heterocycles. The van der Waals surface area contributed by atoms with Gasteiger partial charge in [0.05, 0.1) is 16.7 Å². The Hall–Kier alpha value is -4.09. The van der Waals surface area contributed by atoms with Crippen LogP contribution < -0.4 is 5.69 Å². The van der Waals surface area contributed by atoms with Gasteiger partial charge in [0.15, 0.2) is 6.23 Å². The molecule has 9 nitrogen and oxygen atoms in total. The lowest BCUT2D eigenvalue weighted by Gasteiger charge is -2.22. The molecule has 11 heteroatoms. The third kappa shape index (κ3) is 4.54. The van der Waals surface area contributed by atoms with E-state index in [4.69, 9.17) is 14.9 Å². The van der Waals surface area contributed by atoms with Crippen LogP contribution in [-0.4, -0.2) is 48.4 Å². The van der Waals surface area contributed by atoms with Gasteiger partial charge < -0.3 is 19.6 Å². The predicted octanol–water partition coefficient (Wildman–Crippen LogP) is 4.49. The van der Waals surface area contributed by atoms with Crippen molar-refractivity contribution in [2.45, 2.75) is 25.7 Å². The van der Waals surface area contributed by atoms with Crippen molar-refractivity contribution in [3.8, 4) is 16.9 Å². The molecule has 0 aliphatic carbocycles. The smallest absolute Gasteiger partial charge is 0.323 e. The van der Waals surface area contributed by atoms with Crippen LogP contribution in [0.15, 0.2) is 76.0 Å². The SMILES string of the molecule is C[C@@H]1O[C@H](c2nn(-c3ccc(Br)cc3)nc2-c2ccc(F)cc2)N(CCc2ccc3[nH]c(=O)[nH]c3c2)C1=O. The van der Waals surface area contributed by atoms with Crippen molar-refractivity contribution in [3.05, 3.63) is 98.8 Å². The molecule has 0 unspecified atom stereocenters. The fourth-order valence-electron chi connectivity index (χ4n) is 4.59. The minimum atomic E-state index is -0.780. The summed E-state index contributed by atoms with van der Waals surface area (Å²) in [6, 6.07) is 19.1. The van der Waals surface area contributed by atoms with Gasteiger partial charge in [-0.25, -0.2) is 9.18 Å². The fourth-order valence-corrected chi connectivity index (χ4v) is 4.85. The van der Waals surface area contributed by atoms with Crippen molar-refractivity contribution in [1.29, 1.82) is 0 Å². The van der Waals surface area contributed by atoms with E-state index < -0.39 is 12.3 Å². The van der Waals surface area contributed by atoms with Gasteiger partial charge in [-0.2, -0.15) is 4.80 Å². The van der Waals surface area contributed by atoms with Crippen molar-refractivity contribution in [1.82, 2.24) is 29.9 Å². The van der Waals surface area contributed by atoms with Crippen LogP contribution in [0.3, 0.4) is 0 Å². The van der Waals surface area contributed by atoms with E-state index in [1.165, 1.54) is 16.9 Å². The topological polar surface area (TPSA) is 109 Å². The highest BCUT2D eigenvalue weighted by atomic mass is 79.9. The first-order valence-corrected chi connectivity index (χ1v) is 12.8. The Morgan fingerprint density at radius 3 is 2.47 bits per heavy atom. The number of amides is 1. The highest BCUT2D eigenvalue weighted by Gasteiger charge is 2.41. The summed E-state index contributed by atoms with van der Waals surface area (Å²) in [4.78, 5) is 33.4. The molecule has 2 N–H and O–H groups in total. The molecule has 0 spiro atoms. The van der Waals surface area contributed by atoms with Gasteiger partial charge in [-0.1, -0.05) is 22.0 Å². The van der Waals surface area contributed by atoms with E-state index in [1.807, 2.05) is 42.5 Å². The van der Waals surface area contributed by atoms with Gasteiger partial charge >= 0.3 is 5.69 Å². The number of imidazole rings is 1. The highest BCUT2D eigenvalue weighted by molar-refractivity contribution is 9.10. The summed E-state index contributed by atoms with van der Waals surface area (Å²) >= 11 is 3.44. The predicted molar refractivity (Wildman–Crippen MR) is 142 cm³/mol. The first-order valence-electron chi connectivity index (χ1n) is 12.0. The average Bonchev–Trinajstić information content (AvgIpc) is 3.58. The molecule has 1 fully saturated rings. The van der Waals surface area contributed by atoms with E-state index in [9.17, 15) is 14.0 Å². The molecule has 1 aliphatic rings. The molecular formula is C27H22BrFN6O3. The van der Waals surface area contributed by atoms with E-state index in [0.29, 0.717) is 35.4 Å². The number of H-pyrrole nitrogens is 2. The third-order valence-corrected chi connectivity index (χ3v) is 7.05. The molecule has 0 bridgehead atoms. The number of nitrogens with zero attached hydrogens (tertiary/aromatic N) is 4. The van der Waals surface area contributed by atoms with E-state index in [-0.39, 0.29) is 17.4 Å². The molecule has 38 heavy (non-hydrogen) atoms. The molecule has 2 atom stereocenters. The Kier molecular flexibility index (Phi) is 6.16. The number of halogens is 2. The van der Waals surface area contributed by atoms with Crippen LogP contribution in [0, 0.1) is 5.82 Å². The Morgan fingerprint density at radius 1 is 0.974 bits per heavy atom. The molecule has 1 amide bonds. The number of benzene rings is 3. The Morgan fingerprint density at radius 2 is 1.71 bits per heavy atom. The summed E-state index contributed by atoms with van der Waals surface area (Å²) in [5.41, 5.74) is 4.45. The maximum Gasteiger partial charge on any atom is 0.323 e. The zero-order valence-electron chi connectivity index (χ0n) is 20.2. The average molecular weight is 577 g/mol. The van der Waals surface area contributed by atoms with E-state index in [0.717, 1.165) is 21.2 Å². The number of hydrogen-bond donors (Lipinski definition) is 2. The maximum atomic E-state index is 13.7. The van der Waals surface area contributed by atoms with Crippen molar-refractivity contribution in [3.63, 3.8) is 0 Å². The molecule has 1 saturated heterocycles. The number of rotatable bonds is 6. The van der Waals surface area contributed by atoms with Gasteiger partial charge in [0, 0.05) is 16.6 Å².